The molecule has 0 atom stereocenters. The van der Waals surface area contributed by atoms with Gasteiger partial charge in [0.2, 0.25) is 0 Å². The topological polar surface area (TPSA) is 45.7 Å². The van der Waals surface area contributed by atoms with Crippen LogP contribution in [0.5, 0.6) is 0 Å². The van der Waals surface area contributed by atoms with Gasteiger partial charge in [-0.3, -0.25) is 4.99 Å². The van der Waals surface area contributed by atoms with Crippen molar-refractivity contribution >= 4 is 41.7 Å². The molecule has 0 aliphatic rings. The van der Waals surface area contributed by atoms with Gasteiger partial charge in [0.1, 0.15) is 0 Å². The fraction of sp³-hybridized carbons (Fsp3) is 0.900. The van der Waals surface area contributed by atoms with Crippen LogP contribution in [0.15, 0.2) is 4.99 Å². The zero-order chi connectivity index (χ0) is 11.4. The molecule has 0 saturated carbocycles. The van der Waals surface area contributed by atoms with Gasteiger partial charge in [-0.2, -0.15) is 11.8 Å². The monoisotopic (exact) mass is 361 g/mol. The van der Waals surface area contributed by atoms with E-state index in [2.05, 4.69) is 28.8 Å². The smallest absolute Gasteiger partial charge is 0.191 e. The van der Waals surface area contributed by atoms with E-state index in [4.69, 9.17) is 4.74 Å². The minimum atomic E-state index is 0. The highest BCUT2D eigenvalue weighted by Crippen LogP contribution is 1.87. The molecule has 4 nitrogen and oxygen atoms in total. The zero-order valence-corrected chi connectivity index (χ0v) is 13.6. The second-order valence-corrected chi connectivity index (χ2v) is 4.01. The molecule has 0 aliphatic heterocycles. The summed E-state index contributed by atoms with van der Waals surface area (Å²) in [6, 6.07) is 0. The predicted molar refractivity (Wildman–Crippen MR) is 84.3 cm³/mol. The first-order chi connectivity index (χ1) is 7.35. The number of thioether (sulfide) groups is 1. The van der Waals surface area contributed by atoms with Crippen LogP contribution in [-0.2, 0) is 4.74 Å². The lowest BCUT2D eigenvalue weighted by Crippen LogP contribution is -2.38. The van der Waals surface area contributed by atoms with Crippen LogP contribution in [0.4, 0.5) is 0 Å². The Hall–Kier alpha value is 0.310. The normalized spacial score (nSPS) is 10.8. The van der Waals surface area contributed by atoms with E-state index in [1.54, 1.807) is 7.11 Å². The summed E-state index contributed by atoms with van der Waals surface area (Å²) in [6.07, 6.45) is 3.07. The predicted octanol–water partition coefficient (Wildman–Crippen LogP) is 1.56. The first-order valence-electron chi connectivity index (χ1n) is 5.35. The van der Waals surface area contributed by atoms with Gasteiger partial charge < -0.3 is 15.4 Å². The number of guanidine groups is 1. The number of methoxy groups -OCH3 is 1. The van der Waals surface area contributed by atoms with E-state index in [1.165, 1.54) is 0 Å². The lowest BCUT2D eigenvalue weighted by atomic mass is 10.5. The number of halogens is 1. The number of hydrogen-bond donors (Lipinski definition) is 2. The molecule has 98 valence electrons. The van der Waals surface area contributed by atoms with Crippen LogP contribution in [0, 0.1) is 0 Å². The fourth-order valence-corrected chi connectivity index (χ4v) is 1.32. The molecule has 0 saturated heterocycles. The van der Waals surface area contributed by atoms with Crippen molar-refractivity contribution in [1.82, 2.24) is 10.6 Å². The molecular formula is C10H24IN3OS. The summed E-state index contributed by atoms with van der Waals surface area (Å²) < 4.78 is 4.97. The van der Waals surface area contributed by atoms with Crippen molar-refractivity contribution < 1.29 is 4.74 Å². The number of hydrogen-bond acceptors (Lipinski definition) is 3. The average Bonchev–Trinajstić information content (AvgIpc) is 2.24. The Kier molecular flexibility index (Phi) is 17.9. The molecule has 0 radical (unpaired) electrons. The van der Waals surface area contributed by atoms with Crippen molar-refractivity contribution in [3.63, 3.8) is 0 Å². The molecule has 0 bridgehead atoms. The first kappa shape index (κ1) is 18.7. The van der Waals surface area contributed by atoms with Gasteiger partial charge in [0.25, 0.3) is 0 Å². The van der Waals surface area contributed by atoms with Crippen LogP contribution in [0.2, 0.25) is 0 Å². The summed E-state index contributed by atoms with van der Waals surface area (Å²) in [5.74, 6) is 2.00. The van der Waals surface area contributed by atoms with Crippen LogP contribution < -0.4 is 10.6 Å². The third-order valence-electron chi connectivity index (χ3n) is 1.72. The third kappa shape index (κ3) is 12.4. The third-order valence-corrected chi connectivity index (χ3v) is 2.33. The van der Waals surface area contributed by atoms with Gasteiger partial charge in [-0.25, -0.2) is 0 Å². The second-order valence-electron chi connectivity index (χ2n) is 3.03. The number of rotatable bonds is 8. The Morgan fingerprint density at radius 3 is 2.69 bits per heavy atom. The molecular weight excluding hydrogens is 337 g/mol. The van der Waals surface area contributed by atoms with Crippen molar-refractivity contribution in [2.24, 2.45) is 4.99 Å². The Morgan fingerprint density at radius 2 is 2.12 bits per heavy atom. The molecule has 16 heavy (non-hydrogen) atoms. The summed E-state index contributed by atoms with van der Waals surface area (Å²) in [4.78, 5) is 4.43. The molecule has 0 aromatic rings. The first-order valence-corrected chi connectivity index (χ1v) is 6.74. The highest BCUT2D eigenvalue weighted by atomic mass is 127. The number of nitrogens with zero attached hydrogens (tertiary/aromatic N) is 1. The largest absolute Gasteiger partial charge is 0.385 e. The van der Waals surface area contributed by atoms with E-state index in [9.17, 15) is 0 Å². The van der Waals surface area contributed by atoms with Crippen LogP contribution in [0.25, 0.3) is 0 Å². The molecule has 0 unspecified atom stereocenters. The summed E-state index contributed by atoms with van der Waals surface area (Å²) in [7, 11) is 1.71. The summed E-state index contributed by atoms with van der Waals surface area (Å²) in [5, 5.41) is 6.48. The number of nitrogens with one attached hydrogen (secondary N) is 2. The second kappa shape index (κ2) is 15.3. The standard InChI is InChI=1S/C10H23N3OS.HI/c1-4-11-10(13-7-9-15-3)12-6-5-8-14-2;/h4-9H2,1-3H3,(H2,11,12,13);1H. The maximum absolute atomic E-state index is 4.97. The van der Waals surface area contributed by atoms with Gasteiger partial charge in [0, 0.05) is 39.1 Å². The molecule has 2 N–H and O–H groups in total. The van der Waals surface area contributed by atoms with Crippen LogP contribution in [0.3, 0.4) is 0 Å². The fourth-order valence-electron chi connectivity index (χ4n) is 1.01. The lowest BCUT2D eigenvalue weighted by Gasteiger charge is -2.10. The van der Waals surface area contributed by atoms with Gasteiger partial charge >= 0.3 is 0 Å². The van der Waals surface area contributed by atoms with E-state index in [1.807, 2.05) is 11.8 Å². The van der Waals surface area contributed by atoms with Crippen molar-refractivity contribution in [1.29, 1.82) is 0 Å². The van der Waals surface area contributed by atoms with E-state index >= 15 is 0 Å². The summed E-state index contributed by atoms with van der Waals surface area (Å²) in [5.41, 5.74) is 0. The van der Waals surface area contributed by atoms with Crippen LogP contribution >= 0.6 is 35.7 Å². The van der Waals surface area contributed by atoms with Gasteiger partial charge in [-0.1, -0.05) is 0 Å². The highest BCUT2D eigenvalue weighted by molar-refractivity contribution is 14.0. The van der Waals surface area contributed by atoms with Crippen molar-refractivity contribution in [3.05, 3.63) is 0 Å². The number of ether oxygens (including phenoxy) is 1. The molecule has 0 rings (SSSR count). The Balaban J connectivity index is 0. The molecule has 0 aromatic carbocycles. The van der Waals surface area contributed by atoms with Crippen LogP contribution in [0.1, 0.15) is 13.3 Å². The van der Waals surface area contributed by atoms with Gasteiger partial charge in [0.15, 0.2) is 5.96 Å². The van der Waals surface area contributed by atoms with Gasteiger partial charge in [-0.05, 0) is 19.6 Å². The molecule has 6 heteroatoms. The molecule has 0 fully saturated rings. The van der Waals surface area contributed by atoms with E-state index in [0.29, 0.717) is 0 Å². The summed E-state index contributed by atoms with van der Waals surface area (Å²) >= 11 is 1.83. The molecule has 0 spiro atoms. The van der Waals surface area contributed by atoms with E-state index in [-0.39, 0.29) is 24.0 Å². The van der Waals surface area contributed by atoms with Gasteiger partial charge in [-0.15, -0.1) is 24.0 Å². The molecule has 0 aliphatic carbocycles. The maximum Gasteiger partial charge on any atom is 0.191 e. The summed E-state index contributed by atoms with van der Waals surface area (Å²) in [6.45, 7) is 5.50. The Bertz CT molecular complexity index is 170. The quantitative estimate of drug-likeness (QED) is 0.298. The molecule has 0 aromatic heterocycles. The van der Waals surface area contributed by atoms with Crippen LogP contribution in [-0.4, -0.2) is 51.3 Å². The minimum absolute atomic E-state index is 0. The van der Waals surface area contributed by atoms with Crippen molar-refractivity contribution in [2.75, 3.05) is 45.4 Å². The average molecular weight is 361 g/mol. The highest BCUT2D eigenvalue weighted by Gasteiger charge is 1.94. The Morgan fingerprint density at radius 1 is 1.38 bits per heavy atom. The van der Waals surface area contributed by atoms with E-state index < -0.39 is 0 Å². The zero-order valence-electron chi connectivity index (χ0n) is 10.4. The van der Waals surface area contributed by atoms with Crippen molar-refractivity contribution in [3.8, 4) is 0 Å². The van der Waals surface area contributed by atoms with Gasteiger partial charge in [0.05, 0.1) is 0 Å². The van der Waals surface area contributed by atoms with E-state index in [0.717, 1.165) is 44.4 Å². The minimum Gasteiger partial charge on any atom is -0.385 e. The molecule has 0 amide bonds. The maximum atomic E-state index is 4.97. The Labute approximate surface area is 120 Å². The SMILES string of the molecule is CCNC(=NCCCOC)NCCSC.I. The van der Waals surface area contributed by atoms with Crippen molar-refractivity contribution in [2.45, 2.75) is 13.3 Å². The lowest BCUT2D eigenvalue weighted by molar-refractivity contribution is 0.197. The molecule has 0 heterocycles. The number of aliphatic imine (C=N–C) groups is 1.